The summed E-state index contributed by atoms with van der Waals surface area (Å²) in [5.74, 6) is -0.0836. The lowest BCUT2D eigenvalue weighted by Crippen LogP contribution is -2.50. The standard InChI is InChI=1S/C20H24N4O2/c1-15-6-8-17(9-7-15)22-20(26)24-12-10-23(11-13-24)19-5-3-4-18(14-19)21-16(2)25/h3-9,14H,10-13H2,1-2H3,(H,21,25)(H,22,26). The molecule has 0 radical (unpaired) electrons. The Balaban J connectivity index is 1.56. The van der Waals surface area contributed by atoms with Gasteiger partial charge in [-0.2, -0.15) is 0 Å². The zero-order valence-electron chi connectivity index (χ0n) is 15.2. The van der Waals surface area contributed by atoms with Gasteiger partial charge < -0.3 is 20.4 Å². The van der Waals surface area contributed by atoms with Crippen LogP contribution in [0.3, 0.4) is 0 Å². The number of carbonyl (C=O) groups is 2. The van der Waals surface area contributed by atoms with E-state index in [0.29, 0.717) is 13.1 Å². The van der Waals surface area contributed by atoms with Gasteiger partial charge in [-0.1, -0.05) is 23.8 Å². The molecule has 6 heteroatoms. The number of nitrogens with zero attached hydrogens (tertiary/aromatic N) is 2. The first-order chi connectivity index (χ1) is 12.5. The topological polar surface area (TPSA) is 64.7 Å². The predicted molar refractivity (Wildman–Crippen MR) is 105 cm³/mol. The Labute approximate surface area is 153 Å². The van der Waals surface area contributed by atoms with Crippen molar-refractivity contribution < 1.29 is 9.59 Å². The van der Waals surface area contributed by atoms with Crippen LogP contribution in [0.2, 0.25) is 0 Å². The van der Waals surface area contributed by atoms with Crippen LogP contribution in [0.1, 0.15) is 12.5 Å². The lowest BCUT2D eigenvalue weighted by atomic mass is 10.2. The van der Waals surface area contributed by atoms with Crippen molar-refractivity contribution in [3.63, 3.8) is 0 Å². The van der Waals surface area contributed by atoms with Crippen LogP contribution in [0.4, 0.5) is 21.9 Å². The molecule has 0 spiro atoms. The minimum absolute atomic E-state index is 0.0690. The van der Waals surface area contributed by atoms with E-state index in [1.807, 2.05) is 60.4 Å². The third-order valence-electron chi connectivity index (χ3n) is 4.40. The molecule has 1 saturated heterocycles. The fourth-order valence-corrected chi connectivity index (χ4v) is 2.99. The Kier molecular flexibility index (Phi) is 5.41. The first-order valence-electron chi connectivity index (χ1n) is 8.76. The van der Waals surface area contributed by atoms with Crippen molar-refractivity contribution in [1.82, 2.24) is 4.90 Å². The normalized spacial score (nSPS) is 14.1. The second-order valence-corrected chi connectivity index (χ2v) is 6.50. The van der Waals surface area contributed by atoms with Crippen LogP contribution >= 0.6 is 0 Å². The number of aryl methyl sites for hydroxylation is 1. The number of rotatable bonds is 3. The Morgan fingerprint density at radius 3 is 2.23 bits per heavy atom. The van der Waals surface area contributed by atoms with Gasteiger partial charge in [-0.3, -0.25) is 4.79 Å². The highest BCUT2D eigenvalue weighted by Crippen LogP contribution is 2.21. The SMILES string of the molecule is CC(=O)Nc1cccc(N2CCN(C(=O)Nc3ccc(C)cc3)CC2)c1. The van der Waals surface area contributed by atoms with E-state index in [-0.39, 0.29) is 11.9 Å². The molecule has 2 aromatic rings. The van der Waals surface area contributed by atoms with Crippen molar-refractivity contribution in [1.29, 1.82) is 0 Å². The van der Waals surface area contributed by atoms with Crippen molar-refractivity contribution >= 4 is 29.0 Å². The number of carbonyl (C=O) groups excluding carboxylic acids is 2. The summed E-state index contributed by atoms with van der Waals surface area (Å²) in [6, 6.07) is 15.5. The molecule has 2 N–H and O–H groups in total. The molecule has 0 unspecified atom stereocenters. The monoisotopic (exact) mass is 352 g/mol. The van der Waals surface area contributed by atoms with Crippen molar-refractivity contribution in [2.24, 2.45) is 0 Å². The van der Waals surface area contributed by atoms with E-state index in [1.54, 1.807) is 0 Å². The van der Waals surface area contributed by atoms with E-state index in [1.165, 1.54) is 6.92 Å². The van der Waals surface area contributed by atoms with Gasteiger partial charge in [0.25, 0.3) is 0 Å². The molecule has 0 aliphatic carbocycles. The number of anilines is 3. The first-order valence-corrected chi connectivity index (χ1v) is 8.76. The zero-order valence-corrected chi connectivity index (χ0v) is 15.2. The molecule has 3 rings (SSSR count). The molecular weight excluding hydrogens is 328 g/mol. The average molecular weight is 352 g/mol. The average Bonchev–Trinajstić information content (AvgIpc) is 2.63. The maximum Gasteiger partial charge on any atom is 0.321 e. The molecule has 3 amide bonds. The van der Waals surface area contributed by atoms with E-state index < -0.39 is 0 Å². The smallest absolute Gasteiger partial charge is 0.321 e. The minimum atomic E-state index is -0.0836. The molecule has 0 atom stereocenters. The third-order valence-corrected chi connectivity index (χ3v) is 4.40. The molecule has 136 valence electrons. The van der Waals surface area contributed by atoms with Gasteiger partial charge in [-0.25, -0.2) is 4.79 Å². The maximum absolute atomic E-state index is 12.4. The number of urea groups is 1. The third kappa shape index (κ3) is 4.53. The summed E-state index contributed by atoms with van der Waals surface area (Å²) in [4.78, 5) is 27.7. The van der Waals surface area contributed by atoms with Gasteiger partial charge in [-0.05, 0) is 37.3 Å². The Morgan fingerprint density at radius 2 is 1.58 bits per heavy atom. The van der Waals surface area contributed by atoms with Crippen LogP contribution in [0.25, 0.3) is 0 Å². The van der Waals surface area contributed by atoms with E-state index in [4.69, 9.17) is 0 Å². The van der Waals surface area contributed by atoms with Crippen molar-refractivity contribution in [2.45, 2.75) is 13.8 Å². The first kappa shape index (κ1) is 17.8. The van der Waals surface area contributed by atoms with Crippen LogP contribution in [0.15, 0.2) is 48.5 Å². The lowest BCUT2D eigenvalue weighted by molar-refractivity contribution is -0.114. The Hall–Kier alpha value is -3.02. The second kappa shape index (κ2) is 7.91. The van der Waals surface area contributed by atoms with E-state index >= 15 is 0 Å². The van der Waals surface area contributed by atoms with E-state index in [2.05, 4.69) is 15.5 Å². The van der Waals surface area contributed by atoms with Gasteiger partial charge in [0.1, 0.15) is 0 Å². The van der Waals surface area contributed by atoms with Crippen LogP contribution in [-0.2, 0) is 4.79 Å². The van der Waals surface area contributed by atoms with Crippen molar-refractivity contribution in [2.75, 3.05) is 41.7 Å². The predicted octanol–water partition coefficient (Wildman–Crippen LogP) is 3.31. The maximum atomic E-state index is 12.4. The van der Waals surface area contributed by atoms with Gasteiger partial charge in [0.05, 0.1) is 0 Å². The lowest BCUT2D eigenvalue weighted by Gasteiger charge is -2.36. The van der Waals surface area contributed by atoms with E-state index in [9.17, 15) is 9.59 Å². The summed E-state index contributed by atoms with van der Waals surface area (Å²) < 4.78 is 0. The number of hydrogen-bond acceptors (Lipinski definition) is 3. The molecule has 6 nitrogen and oxygen atoms in total. The fourth-order valence-electron chi connectivity index (χ4n) is 2.99. The fraction of sp³-hybridized carbons (Fsp3) is 0.300. The van der Waals surface area contributed by atoms with Crippen LogP contribution in [0, 0.1) is 6.92 Å². The van der Waals surface area contributed by atoms with Gasteiger partial charge in [0, 0.05) is 50.2 Å². The van der Waals surface area contributed by atoms with Gasteiger partial charge >= 0.3 is 6.03 Å². The summed E-state index contributed by atoms with van der Waals surface area (Å²) >= 11 is 0. The number of benzene rings is 2. The van der Waals surface area contributed by atoms with Crippen molar-refractivity contribution in [3.05, 3.63) is 54.1 Å². The molecule has 26 heavy (non-hydrogen) atoms. The summed E-state index contributed by atoms with van der Waals surface area (Å²) in [7, 11) is 0. The number of amides is 3. The summed E-state index contributed by atoms with van der Waals surface area (Å²) in [5.41, 5.74) is 3.81. The quantitative estimate of drug-likeness (QED) is 0.891. The minimum Gasteiger partial charge on any atom is -0.368 e. The molecule has 0 saturated carbocycles. The van der Waals surface area contributed by atoms with Crippen LogP contribution in [0.5, 0.6) is 0 Å². The number of piperazine rings is 1. The largest absolute Gasteiger partial charge is 0.368 e. The summed E-state index contributed by atoms with van der Waals surface area (Å²) in [6.07, 6.45) is 0. The van der Waals surface area contributed by atoms with Crippen molar-refractivity contribution in [3.8, 4) is 0 Å². The zero-order chi connectivity index (χ0) is 18.5. The van der Waals surface area contributed by atoms with Crippen LogP contribution < -0.4 is 15.5 Å². The van der Waals surface area contributed by atoms with Gasteiger partial charge in [0.15, 0.2) is 0 Å². The van der Waals surface area contributed by atoms with Crippen LogP contribution in [-0.4, -0.2) is 43.0 Å². The molecule has 1 heterocycles. The second-order valence-electron chi connectivity index (χ2n) is 6.50. The molecule has 2 aromatic carbocycles. The Bertz CT molecular complexity index is 781. The van der Waals surface area contributed by atoms with Gasteiger partial charge in [0.2, 0.25) is 5.91 Å². The summed E-state index contributed by atoms with van der Waals surface area (Å²) in [5, 5.41) is 5.75. The molecule has 1 fully saturated rings. The highest BCUT2D eigenvalue weighted by atomic mass is 16.2. The number of nitrogens with one attached hydrogen (secondary N) is 2. The van der Waals surface area contributed by atoms with E-state index in [0.717, 1.165) is 35.7 Å². The number of hydrogen-bond donors (Lipinski definition) is 2. The molecule has 0 aromatic heterocycles. The van der Waals surface area contributed by atoms with Gasteiger partial charge in [-0.15, -0.1) is 0 Å². The molecule has 1 aliphatic heterocycles. The summed E-state index contributed by atoms with van der Waals surface area (Å²) in [6.45, 7) is 6.34. The highest BCUT2D eigenvalue weighted by molar-refractivity contribution is 5.90. The molecule has 0 bridgehead atoms. The Morgan fingerprint density at radius 1 is 0.885 bits per heavy atom. The highest BCUT2D eigenvalue weighted by Gasteiger charge is 2.21. The molecular formula is C20H24N4O2. The molecule has 1 aliphatic rings.